The number of aromatic nitrogens is 2. The highest BCUT2D eigenvalue weighted by Crippen LogP contribution is 2.28. The number of hydrogen-bond donors (Lipinski definition) is 20. The molecule has 0 saturated carbocycles. The molecule has 3 aromatic carbocycles. The number of carbonyl (C=O) groups is 19. The largest absolute Gasteiger partial charge is 0.508 e. The lowest BCUT2D eigenvalue weighted by molar-refractivity contribution is -0.149. The number of amides is 17. The van der Waals surface area contributed by atoms with Crippen molar-refractivity contribution < 1.29 is 117 Å². The van der Waals surface area contributed by atoms with Crippen LogP contribution in [0.5, 0.6) is 5.75 Å². The number of aliphatic carboxylic acids is 2. The van der Waals surface area contributed by atoms with Gasteiger partial charge in [0.05, 0.1) is 31.4 Å². The maximum absolute atomic E-state index is 15.6. The van der Waals surface area contributed by atoms with Gasteiger partial charge in [0.25, 0.3) is 0 Å². The predicted molar refractivity (Wildman–Crippen MR) is 472 cm³/mol. The topological polar surface area (TPSA) is 672 Å². The average Bonchev–Trinajstić information content (AvgIpc) is 1.80. The van der Waals surface area contributed by atoms with Crippen molar-refractivity contribution in [3.8, 4) is 5.75 Å². The van der Waals surface area contributed by atoms with Crippen molar-refractivity contribution in [1.82, 2.24) is 87.6 Å². The van der Waals surface area contributed by atoms with E-state index in [1.807, 2.05) is 0 Å². The first-order chi connectivity index (χ1) is 62.3. The molecule has 2 aromatic heterocycles. The first-order valence-corrected chi connectivity index (χ1v) is 44.3. The van der Waals surface area contributed by atoms with E-state index in [1.165, 1.54) is 45.3 Å². The number of H-pyrrole nitrogens is 2. The van der Waals surface area contributed by atoms with Crippen molar-refractivity contribution in [3.05, 3.63) is 102 Å². The van der Waals surface area contributed by atoms with E-state index in [1.54, 1.807) is 74.8 Å². The number of hydrogen-bond acceptors (Lipinski definition) is 24. The Labute approximate surface area is 757 Å². The number of likely N-dealkylation sites (N-methyl/N-ethyl adjacent to an activating group) is 3. The fraction of sp³-hybridized carbons (Fsp3) is 0.523. The number of primary amides is 2. The molecule has 5 heterocycles. The first-order valence-electron chi connectivity index (χ1n) is 43.1. The Morgan fingerprint density at radius 3 is 1.62 bits per heavy atom. The lowest BCUT2D eigenvalue weighted by Crippen LogP contribution is -2.62. The van der Waals surface area contributed by atoms with E-state index < -0.39 is 279 Å². The predicted octanol–water partition coefficient (Wildman–Crippen LogP) is -4.52. The van der Waals surface area contributed by atoms with Crippen molar-refractivity contribution in [3.63, 3.8) is 0 Å². The van der Waals surface area contributed by atoms with Gasteiger partial charge in [0, 0.05) is 119 Å². The molecule has 5 aromatic rings. The number of aromatic amines is 2. The van der Waals surface area contributed by atoms with Crippen molar-refractivity contribution in [2.75, 3.05) is 65.4 Å². The molecule has 0 unspecified atom stereocenters. The Bertz CT molecular complexity index is 4990. The lowest BCUT2D eigenvalue weighted by Gasteiger charge is -2.36. The van der Waals surface area contributed by atoms with Gasteiger partial charge in [-0.2, -0.15) is 0 Å². The summed E-state index contributed by atoms with van der Waals surface area (Å²) in [5, 5.41) is 78.9. The standard InChI is InChI=1S/C86H118N20O24S/c1-7-9-20-64-79(123)94-55(28-30-71(113)114)75(119)101-63(74(118)92-40-69(89)111)43-131-44-70(112)93-58(32-46-23-25-49(108)26-24-46)82(126)102(4)45(3)73(117)97-60(36-72(115)116)85(129)105-31-15-22-65(105)80(124)99-61(37-87)77(121)95-56(27-29-68(88)110)84(128)106-41-50(109)35-67(106)81(125)96-57(33-47-38-90-53-18-13-11-16-51(47)53)76(120)100-62(42-107)78(122)98-59(34-48-39-91-54-19-14-12-17-52(48)54)83(127)104(6)66(21-10-8-2)86(130)103(64)5/h11-14,16-19,23-26,38-39,45,50,55-67,90-91,107-109H,7-10,15,20-22,27-37,40-44,87H2,1-6H3,(H2,88,110)(H2,89,111)(H,92,118)(H,93,112)(H,94,123)(H,95,121)(H,96,125)(H,97,117)(H,98,122)(H,99,124)(H,100,120)(H,101,119)(H,113,114)(H,115,116)/t45-,50+,55-,56-,57-,58-,59-,60+,61-,62-,63-,64-,65-,66-,67-/m0/s1. The number of nitrogens with zero attached hydrogens (tertiary/aromatic N) is 5. The second-order valence-electron chi connectivity index (χ2n) is 32.7. The molecule has 712 valence electrons. The van der Waals surface area contributed by atoms with Crippen LogP contribution in [0, 0.1) is 0 Å². The zero-order valence-corrected chi connectivity index (χ0v) is 74.4. The summed E-state index contributed by atoms with van der Waals surface area (Å²) in [6.45, 7) is 1.34. The minimum Gasteiger partial charge on any atom is -0.508 e. The molecule has 131 heavy (non-hydrogen) atoms. The highest BCUT2D eigenvalue weighted by Gasteiger charge is 2.47. The highest BCUT2D eigenvalue weighted by atomic mass is 32.2. The van der Waals surface area contributed by atoms with Gasteiger partial charge in [-0.05, 0) is 86.4 Å². The van der Waals surface area contributed by atoms with Gasteiger partial charge in [-0.15, -0.1) is 11.8 Å². The number of nitrogens with two attached hydrogens (primary N) is 3. The van der Waals surface area contributed by atoms with Crippen molar-refractivity contribution in [1.29, 1.82) is 0 Å². The lowest BCUT2D eigenvalue weighted by atomic mass is 10.00. The Morgan fingerprint density at radius 1 is 0.511 bits per heavy atom. The van der Waals surface area contributed by atoms with Crippen LogP contribution < -0.4 is 70.4 Å². The zero-order chi connectivity index (χ0) is 96.2. The quantitative estimate of drug-likeness (QED) is 0.0262. The van der Waals surface area contributed by atoms with Crippen LogP contribution in [-0.2, 0) is 110 Å². The number of thioether (sulfide) groups is 1. The van der Waals surface area contributed by atoms with Crippen LogP contribution in [0.3, 0.4) is 0 Å². The summed E-state index contributed by atoms with van der Waals surface area (Å²) in [6.07, 6.45) is -2.23. The number of unbranched alkanes of at least 4 members (excludes halogenated alkanes) is 2. The van der Waals surface area contributed by atoms with Crippen LogP contribution in [0.2, 0.25) is 0 Å². The van der Waals surface area contributed by atoms with Crippen LogP contribution in [0.25, 0.3) is 21.8 Å². The molecule has 3 saturated heterocycles. The monoisotopic (exact) mass is 1850 g/mol. The number of fused-ring (bicyclic) bond motifs is 4. The van der Waals surface area contributed by atoms with Gasteiger partial charge in [-0.1, -0.05) is 88.1 Å². The summed E-state index contributed by atoms with van der Waals surface area (Å²) in [5.74, 6) is -22.1. The van der Waals surface area contributed by atoms with E-state index in [-0.39, 0.29) is 70.1 Å². The molecule has 0 spiro atoms. The number of aliphatic hydroxyl groups excluding tert-OH is 2. The highest BCUT2D eigenvalue weighted by molar-refractivity contribution is 8.00. The Balaban J connectivity index is 1.19. The van der Waals surface area contributed by atoms with Gasteiger partial charge < -0.3 is 130 Å². The molecule has 15 atom stereocenters. The number of carboxylic acids is 2. The van der Waals surface area contributed by atoms with Gasteiger partial charge in [0.15, 0.2) is 0 Å². The summed E-state index contributed by atoms with van der Waals surface area (Å²) in [6, 6.07) is -4.42. The van der Waals surface area contributed by atoms with E-state index in [0.717, 1.165) is 31.5 Å². The zero-order valence-electron chi connectivity index (χ0n) is 73.6. The number of rotatable bonds is 25. The number of aliphatic hydroxyl groups is 2. The Hall–Kier alpha value is -13.3. The second kappa shape index (κ2) is 48.9. The van der Waals surface area contributed by atoms with Gasteiger partial charge in [0.2, 0.25) is 100 Å². The number of carboxylic acid groups (broad SMARTS) is 2. The van der Waals surface area contributed by atoms with E-state index in [2.05, 4.69) is 63.1 Å². The maximum atomic E-state index is 15.6. The number of carbonyl (C=O) groups excluding carboxylic acids is 17. The Morgan fingerprint density at radius 2 is 1.02 bits per heavy atom. The number of phenols is 1. The van der Waals surface area contributed by atoms with Gasteiger partial charge in [0.1, 0.15) is 90.3 Å². The van der Waals surface area contributed by atoms with E-state index >= 15 is 33.6 Å². The van der Waals surface area contributed by atoms with E-state index in [4.69, 9.17) is 17.2 Å². The summed E-state index contributed by atoms with van der Waals surface area (Å²) in [4.78, 5) is 282. The molecular formula is C86H118N20O24S. The van der Waals surface area contributed by atoms with E-state index in [0.29, 0.717) is 63.1 Å². The normalized spacial score (nSPS) is 25.1. The summed E-state index contributed by atoms with van der Waals surface area (Å²) in [5.41, 5.74) is 19.5. The summed E-state index contributed by atoms with van der Waals surface area (Å²) in [7, 11) is 3.71. The minimum absolute atomic E-state index is 0.0634. The fourth-order valence-electron chi connectivity index (χ4n) is 15.8. The van der Waals surface area contributed by atoms with Crippen LogP contribution in [0.4, 0.5) is 0 Å². The Kier molecular flexibility index (Phi) is 38.5. The third-order valence-electron chi connectivity index (χ3n) is 23.2. The molecule has 3 aliphatic rings. The van der Waals surface area contributed by atoms with E-state index in [9.17, 15) is 83.1 Å². The summed E-state index contributed by atoms with van der Waals surface area (Å²) >= 11 is 0.683. The second-order valence-corrected chi connectivity index (χ2v) is 33.7. The molecule has 44 nitrogen and oxygen atoms in total. The molecule has 23 N–H and O–H groups in total. The molecule has 0 bridgehead atoms. The van der Waals surface area contributed by atoms with Gasteiger partial charge >= 0.3 is 11.9 Å². The van der Waals surface area contributed by atoms with Crippen LogP contribution >= 0.6 is 11.8 Å². The van der Waals surface area contributed by atoms with Gasteiger partial charge in [-0.25, -0.2) is 0 Å². The smallest absolute Gasteiger partial charge is 0.305 e. The molecule has 3 fully saturated rings. The third-order valence-corrected chi connectivity index (χ3v) is 24.2. The number of aromatic hydroxyl groups is 1. The number of para-hydroxylation sites is 2. The average molecular weight is 1850 g/mol. The van der Waals surface area contributed by atoms with Crippen molar-refractivity contribution in [2.24, 2.45) is 17.2 Å². The fourth-order valence-corrected chi connectivity index (χ4v) is 16.6. The first kappa shape index (κ1) is 103. The molecule has 3 aliphatic heterocycles. The van der Waals surface area contributed by atoms with Crippen LogP contribution in [0.1, 0.15) is 127 Å². The van der Waals surface area contributed by atoms with Crippen molar-refractivity contribution >= 4 is 146 Å². The maximum Gasteiger partial charge on any atom is 0.305 e. The molecular weight excluding hydrogens is 1730 g/mol. The number of phenolic OH excluding ortho intramolecular Hbond substituents is 1. The van der Waals surface area contributed by atoms with Gasteiger partial charge in [-0.3, -0.25) is 91.1 Å². The van der Waals surface area contributed by atoms with Crippen LogP contribution in [-0.4, -0.2) is 328 Å². The number of nitrogens with one attached hydrogen (secondary N) is 12. The number of benzene rings is 3. The van der Waals surface area contributed by atoms with Crippen LogP contribution in [0.15, 0.2) is 85.2 Å². The molecule has 8 rings (SSSR count). The summed E-state index contributed by atoms with van der Waals surface area (Å²) < 4.78 is 0. The minimum atomic E-state index is -1.95. The van der Waals surface area contributed by atoms with Crippen molar-refractivity contribution in [2.45, 2.75) is 221 Å². The molecule has 17 amide bonds. The third kappa shape index (κ3) is 28.6. The molecule has 0 aliphatic carbocycles. The molecule has 0 radical (unpaired) electrons. The molecule has 45 heteroatoms. The SMILES string of the molecule is CCCC[C@H]1C(=O)N(C)[C@@H](CCCC)C(=O)N[C@@H](CCC(=O)O)C(=O)N[C@H](C(=O)NCC(N)=O)CSCC(=O)N[C@@H](Cc2ccc(O)cc2)C(=O)N(C)[C@@H](C)C(=O)N[C@H](CC(=O)O)C(=O)N2CCC[C@H]2C(=O)N[C@@H](CN)C(=O)N[C@@H](CCC(N)=O)C(=O)N2C[C@H](O)C[C@H]2C(=O)N[C@@H](Cc2c[nH]c3ccccc23)C(=O)N[C@@H](CO)C(=O)N[C@@H](Cc2c[nH]c3ccccc23)C(=O)N1C.